The zero-order valence-corrected chi connectivity index (χ0v) is 14.0. The van der Waals surface area contributed by atoms with Crippen LogP contribution in [0.15, 0.2) is 52.3 Å². The molecule has 0 radical (unpaired) electrons. The lowest BCUT2D eigenvalue weighted by atomic mass is 10.1. The summed E-state index contributed by atoms with van der Waals surface area (Å²) in [4.78, 5) is -0.455. The van der Waals surface area contributed by atoms with E-state index in [1.54, 1.807) is 0 Å². The average Bonchev–Trinajstić information content (AvgIpc) is 2.45. The van der Waals surface area contributed by atoms with Crippen LogP contribution in [-0.4, -0.2) is 16.8 Å². The molecule has 0 bridgehead atoms. The van der Waals surface area contributed by atoms with Crippen LogP contribution in [0.4, 0.5) is 8.78 Å². The lowest BCUT2D eigenvalue weighted by Gasteiger charge is -2.15. The van der Waals surface area contributed by atoms with Gasteiger partial charge < -0.3 is 0 Å². The van der Waals surface area contributed by atoms with E-state index >= 15 is 0 Å². The summed E-state index contributed by atoms with van der Waals surface area (Å²) in [6.07, 6.45) is 0. The van der Waals surface area contributed by atoms with Crippen molar-refractivity contribution in [2.45, 2.75) is 22.8 Å². The Hall–Kier alpha value is -1.88. The van der Waals surface area contributed by atoms with Gasteiger partial charge >= 0.3 is 0 Å². The highest BCUT2D eigenvalue weighted by Crippen LogP contribution is 2.21. The standard InChI is InChI=1S/C14H14F2N2O4S2/c1-9(13-7-2-10(15)8-14(13)16)18-24(21,22)12-5-3-11(4-6-12)23(17,19)20/h2-9,18H,1H3,(H2,17,19,20)/t9-/m1/s1. The van der Waals surface area contributed by atoms with Crippen LogP contribution in [-0.2, 0) is 20.0 Å². The summed E-state index contributed by atoms with van der Waals surface area (Å²) in [6, 6.07) is 6.08. The first-order valence-electron chi connectivity index (χ1n) is 6.61. The van der Waals surface area contributed by atoms with Gasteiger partial charge in [-0.25, -0.2) is 35.5 Å². The molecule has 2 rings (SSSR count). The van der Waals surface area contributed by atoms with Gasteiger partial charge in [0.25, 0.3) is 0 Å². The Morgan fingerprint density at radius 3 is 2.00 bits per heavy atom. The summed E-state index contributed by atoms with van der Waals surface area (Å²) >= 11 is 0. The van der Waals surface area contributed by atoms with Crippen LogP contribution in [0, 0.1) is 11.6 Å². The van der Waals surface area contributed by atoms with E-state index < -0.39 is 37.7 Å². The Kier molecular flexibility index (Phi) is 5.04. The summed E-state index contributed by atoms with van der Waals surface area (Å²) in [5, 5.41) is 4.94. The Bertz CT molecular complexity index is 959. The highest BCUT2D eigenvalue weighted by Gasteiger charge is 2.21. The molecule has 0 aromatic heterocycles. The third kappa shape index (κ3) is 4.15. The van der Waals surface area contributed by atoms with Crippen molar-refractivity contribution in [2.75, 3.05) is 0 Å². The summed E-state index contributed by atoms with van der Waals surface area (Å²) in [5.41, 5.74) is -0.0267. The van der Waals surface area contributed by atoms with Crippen molar-refractivity contribution in [3.63, 3.8) is 0 Å². The SMILES string of the molecule is C[C@@H](NS(=O)(=O)c1ccc(S(N)(=O)=O)cc1)c1ccc(F)cc1F. The minimum atomic E-state index is -4.04. The van der Waals surface area contributed by atoms with Gasteiger partial charge in [0, 0.05) is 17.7 Å². The molecule has 24 heavy (non-hydrogen) atoms. The number of nitrogens with one attached hydrogen (secondary N) is 1. The Morgan fingerprint density at radius 1 is 0.958 bits per heavy atom. The lowest BCUT2D eigenvalue weighted by Crippen LogP contribution is -2.27. The van der Waals surface area contributed by atoms with Crippen molar-refractivity contribution in [2.24, 2.45) is 5.14 Å². The molecule has 2 aromatic rings. The van der Waals surface area contributed by atoms with E-state index in [-0.39, 0.29) is 15.4 Å². The molecule has 0 unspecified atom stereocenters. The molecule has 10 heteroatoms. The molecule has 0 aliphatic carbocycles. The normalized spacial score (nSPS) is 13.7. The van der Waals surface area contributed by atoms with E-state index in [1.165, 1.54) is 6.92 Å². The molecule has 130 valence electrons. The van der Waals surface area contributed by atoms with Gasteiger partial charge in [-0.3, -0.25) is 0 Å². The second kappa shape index (κ2) is 6.55. The van der Waals surface area contributed by atoms with Gasteiger partial charge in [0.1, 0.15) is 11.6 Å². The molecule has 2 aromatic carbocycles. The fourth-order valence-electron chi connectivity index (χ4n) is 2.03. The third-order valence-corrected chi connectivity index (χ3v) is 5.71. The van der Waals surface area contributed by atoms with Crippen LogP contribution in [0.3, 0.4) is 0 Å². The Morgan fingerprint density at radius 2 is 1.50 bits per heavy atom. The molecule has 0 saturated heterocycles. The molecule has 0 aliphatic heterocycles. The van der Waals surface area contributed by atoms with Gasteiger partial charge in [-0.15, -0.1) is 0 Å². The first kappa shape index (κ1) is 18.5. The summed E-state index contributed by atoms with van der Waals surface area (Å²) in [6.45, 7) is 1.40. The molecule has 0 aliphatic rings. The zero-order valence-electron chi connectivity index (χ0n) is 12.4. The van der Waals surface area contributed by atoms with E-state index in [1.807, 2.05) is 0 Å². The Labute approximate surface area is 138 Å². The van der Waals surface area contributed by atoms with Crippen LogP contribution >= 0.6 is 0 Å². The lowest BCUT2D eigenvalue weighted by molar-refractivity contribution is 0.539. The number of halogens is 2. The second-order valence-corrected chi connectivity index (χ2v) is 8.30. The first-order valence-corrected chi connectivity index (χ1v) is 9.64. The van der Waals surface area contributed by atoms with Crippen molar-refractivity contribution >= 4 is 20.0 Å². The van der Waals surface area contributed by atoms with E-state index in [2.05, 4.69) is 4.72 Å². The highest BCUT2D eigenvalue weighted by atomic mass is 32.2. The molecule has 0 spiro atoms. The minimum absolute atomic E-state index is 0.0267. The predicted molar refractivity (Wildman–Crippen MR) is 82.9 cm³/mol. The molecule has 0 saturated carbocycles. The minimum Gasteiger partial charge on any atom is -0.225 e. The van der Waals surface area contributed by atoms with Gasteiger partial charge in [-0.2, -0.15) is 0 Å². The monoisotopic (exact) mass is 376 g/mol. The topological polar surface area (TPSA) is 106 Å². The molecule has 6 nitrogen and oxygen atoms in total. The molecule has 3 N–H and O–H groups in total. The number of sulfonamides is 2. The maximum Gasteiger partial charge on any atom is 0.241 e. The van der Waals surface area contributed by atoms with Gasteiger partial charge in [0.15, 0.2) is 0 Å². The fourth-order valence-corrected chi connectivity index (χ4v) is 3.76. The Balaban J connectivity index is 2.27. The van der Waals surface area contributed by atoms with Crippen molar-refractivity contribution in [3.05, 3.63) is 59.7 Å². The fraction of sp³-hybridized carbons (Fsp3) is 0.143. The molecular formula is C14H14F2N2O4S2. The van der Waals surface area contributed by atoms with Crippen molar-refractivity contribution in [1.29, 1.82) is 0 Å². The summed E-state index contributed by atoms with van der Waals surface area (Å²) < 4.78 is 75.7. The molecule has 0 heterocycles. The van der Waals surface area contributed by atoms with E-state index in [0.29, 0.717) is 6.07 Å². The van der Waals surface area contributed by atoms with Gasteiger partial charge in [0.2, 0.25) is 20.0 Å². The van der Waals surface area contributed by atoms with Gasteiger partial charge in [0.05, 0.1) is 9.79 Å². The van der Waals surface area contributed by atoms with Gasteiger partial charge in [-0.1, -0.05) is 6.07 Å². The molecular weight excluding hydrogens is 362 g/mol. The van der Waals surface area contributed by atoms with Crippen LogP contribution in [0.2, 0.25) is 0 Å². The molecule has 0 amide bonds. The van der Waals surface area contributed by atoms with Crippen LogP contribution in [0.5, 0.6) is 0 Å². The maximum absolute atomic E-state index is 13.7. The number of nitrogens with two attached hydrogens (primary N) is 1. The number of hydrogen-bond donors (Lipinski definition) is 2. The third-order valence-electron chi connectivity index (χ3n) is 3.22. The number of rotatable bonds is 5. The van der Waals surface area contributed by atoms with Crippen LogP contribution in [0.1, 0.15) is 18.5 Å². The number of hydrogen-bond acceptors (Lipinski definition) is 4. The van der Waals surface area contributed by atoms with E-state index in [0.717, 1.165) is 36.4 Å². The second-order valence-electron chi connectivity index (χ2n) is 5.03. The van der Waals surface area contributed by atoms with E-state index in [4.69, 9.17) is 5.14 Å². The number of benzene rings is 2. The van der Waals surface area contributed by atoms with Crippen LogP contribution < -0.4 is 9.86 Å². The summed E-state index contributed by atoms with van der Waals surface area (Å²) in [5.74, 6) is -1.65. The van der Waals surface area contributed by atoms with E-state index in [9.17, 15) is 25.6 Å². The molecule has 1 atom stereocenters. The largest absolute Gasteiger partial charge is 0.241 e. The first-order chi connectivity index (χ1) is 11.0. The maximum atomic E-state index is 13.7. The van der Waals surface area contributed by atoms with Crippen molar-refractivity contribution in [1.82, 2.24) is 4.72 Å². The van der Waals surface area contributed by atoms with Crippen molar-refractivity contribution < 1.29 is 25.6 Å². The number of primary sulfonamides is 1. The molecule has 0 fully saturated rings. The highest BCUT2D eigenvalue weighted by molar-refractivity contribution is 7.89. The quantitative estimate of drug-likeness (QED) is 0.827. The van der Waals surface area contributed by atoms with Crippen molar-refractivity contribution in [3.8, 4) is 0 Å². The van der Waals surface area contributed by atoms with Gasteiger partial charge in [-0.05, 0) is 37.3 Å². The average molecular weight is 376 g/mol. The van der Waals surface area contributed by atoms with Crippen LogP contribution in [0.25, 0.3) is 0 Å². The summed E-state index contributed by atoms with van der Waals surface area (Å²) in [7, 11) is -7.98. The predicted octanol–water partition coefficient (Wildman–Crippen LogP) is 1.65. The smallest absolute Gasteiger partial charge is 0.225 e. The zero-order chi connectivity index (χ0) is 18.1.